The highest BCUT2D eigenvalue weighted by molar-refractivity contribution is 5.86. The van der Waals surface area contributed by atoms with Crippen molar-refractivity contribution in [2.45, 2.75) is 81.0 Å². The summed E-state index contributed by atoms with van der Waals surface area (Å²) >= 11 is 0. The fraction of sp³-hybridized carbons (Fsp3) is 0.615. The van der Waals surface area contributed by atoms with Crippen LogP contribution < -0.4 is 5.32 Å². The van der Waals surface area contributed by atoms with Crippen molar-refractivity contribution < 1.29 is 42.5 Å². The molecule has 2 aliphatic heterocycles. The van der Waals surface area contributed by atoms with Gasteiger partial charge in [-0.25, -0.2) is 17.9 Å². The third-order valence-electron chi connectivity index (χ3n) is 7.84. The van der Waals surface area contributed by atoms with Crippen molar-refractivity contribution in [2.24, 2.45) is 5.16 Å². The van der Waals surface area contributed by atoms with E-state index in [4.69, 9.17) is 14.3 Å². The lowest BCUT2D eigenvalue weighted by atomic mass is 9.80. The summed E-state index contributed by atoms with van der Waals surface area (Å²) in [5, 5.41) is 36.0. The number of ether oxygens (including phenoxy) is 2. The molecule has 5 atom stereocenters. The molecule has 5 rings (SSSR count). The van der Waals surface area contributed by atoms with Crippen LogP contribution in [0.15, 0.2) is 23.5 Å². The first-order chi connectivity index (χ1) is 19.2. The number of likely N-dealkylation sites (N-methyl/N-ethyl adjacent to an activating group) is 1. The highest BCUT2D eigenvalue weighted by atomic mass is 19.2. The van der Waals surface area contributed by atoms with Crippen LogP contribution in [0.4, 0.5) is 13.2 Å². The number of aliphatic hydroxyl groups excluding tert-OH is 2. The van der Waals surface area contributed by atoms with Gasteiger partial charge < -0.3 is 29.8 Å². The second kappa shape index (κ2) is 11.8. The number of hydrogen-bond acceptors (Lipinski definition) is 9. The third-order valence-corrected chi connectivity index (χ3v) is 7.84. The zero-order valence-corrected chi connectivity index (χ0v) is 21.9. The van der Waals surface area contributed by atoms with Gasteiger partial charge in [0, 0.05) is 25.5 Å². The smallest absolute Gasteiger partial charge is 0.245 e. The van der Waals surface area contributed by atoms with Gasteiger partial charge in [-0.05, 0) is 37.8 Å². The molecule has 218 valence electrons. The normalized spacial score (nSPS) is 27.9. The van der Waals surface area contributed by atoms with Crippen LogP contribution in [0.2, 0.25) is 0 Å². The molecular formula is C26H32F3N5O6. The Kier molecular flexibility index (Phi) is 8.40. The molecule has 1 aromatic carbocycles. The van der Waals surface area contributed by atoms with Crippen molar-refractivity contribution >= 4 is 11.6 Å². The van der Waals surface area contributed by atoms with E-state index in [2.05, 4.69) is 20.8 Å². The first-order valence-electron chi connectivity index (χ1n) is 13.3. The monoisotopic (exact) mass is 567 g/mol. The van der Waals surface area contributed by atoms with Gasteiger partial charge in [-0.15, -0.1) is 5.10 Å². The van der Waals surface area contributed by atoms with E-state index in [1.165, 1.54) is 17.9 Å². The molecule has 3 N–H and O–H groups in total. The number of nitrogens with zero attached hydrogens (tertiary/aromatic N) is 4. The molecule has 40 heavy (non-hydrogen) atoms. The van der Waals surface area contributed by atoms with E-state index in [0.29, 0.717) is 6.42 Å². The van der Waals surface area contributed by atoms with E-state index in [0.717, 1.165) is 49.9 Å². The van der Waals surface area contributed by atoms with Gasteiger partial charge in [0.2, 0.25) is 5.91 Å². The van der Waals surface area contributed by atoms with Crippen molar-refractivity contribution in [3.05, 3.63) is 35.8 Å². The molecule has 0 bridgehead atoms. The van der Waals surface area contributed by atoms with E-state index >= 15 is 0 Å². The van der Waals surface area contributed by atoms with Gasteiger partial charge in [0.05, 0.1) is 24.6 Å². The summed E-state index contributed by atoms with van der Waals surface area (Å²) in [6, 6.07) is 0.542. The number of aromatic nitrogens is 3. The minimum atomic E-state index is -1.61. The Morgan fingerprint density at radius 2 is 1.93 bits per heavy atom. The summed E-state index contributed by atoms with van der Waals surface area (Å²) in [4.78, 5) is 17.9. The number of nitrogens with one attached hydrogen (secondary N) is 1. The zero-order chi connectivity index (χ0) is 28.4. The number of hydrogen-bond donors (Lipinski definition) is 3. The Morgan fingerprint density at radius 1 is 1.20 bits per heavy atom. The maximum Gasteiger partial charge on any atom is 0.245 e. The predicted molar refractivity (Wildman–Crippen MR) is 133 cm³/mol. The molecule has 14 heteroatoms. The maximum atomic E-state index is 13.9. The molecule has 1 amide bonds. The molecule has 1 spiro atoms. The van der Waals surface area contributed by atoms with E-state index in [1.807, 2.05) is 0 Å². The SMILES string of the molecule is CNC(=O)CO[C@@H]1[C@@H](n2cc(-c3cc(F)c(F)c(F)c3)nn2)[C@@H](O)[C@@H](CO)O[C@@H]1CC1=NOC2(CCCCC2)C1. The molecule has 11 nitrogen and oxygen atoms in total. The molecule has 0 unspecified atom stereocenters. The molecule has 1 saturated heterocycles. The quantitative estimate of drug-likeness (QED) is 0.412. The van der Waals surface area contributed by atoms with Crippen molar-refractivity contribution in [3.63, 3.8) is 0 Å². The van der Waals surface area contributed by atoms with Gasteiger partial charge in [0.1, 0.15) is 42.3 Å². The average Bonchev–Trinajstić information content (AvgIpc) is 3.59. The van der Waals surface area contributed by atoms with Crippen LogP contribution in [0.5, 0.6) is 0 Å². The molecule has 2 aromatic rings. The Balaban J connectivity index is 1.44. The fourth-order valence-electron chi connectivity index (χ4n) is 5.75. The largest absolute Gasteiger partial charge is 0.394 e. The predicted octanol–water partition coefficient (Wildman–Crippen LogP) is 2.02. The second-order valence-electron chi connectivity index (χ2n) is 10.5. The summed E-state index contributed by atoms with van der Waals surface area (Å²) in [6.45, 7) is -0.893. The highest BCUT2D eigenvalue weighted by Gasteiger charge is 2.49. The number of halogens is 3. The molecule has 0 radical (unpaired) electrons. The van der Waals surface area contributed by atoms with E-state index in [-0.39, 0.29) is 29.9 Å². The lowest BCUT2D eigenvalue weighted by molar-refractivity contribution is -0.216. The Bertz CT molecular complexity index is 1230. The van der Waals surface area contributed by atoms with Gasteiger partial charge in [-0.3, -0.25) is 4.79 Å². The van der Waals surface area contributed by atoms with Crippen molar-refractivity contribution in [1.29, 1.82) is 0 Å². The number of amides is 1. The third kappa shape index (κ3) is 5.71. The molecule has 1 aromatic heterocycles. The van der Waals surface area contributed by atoms with E-state index in [1.54, 1.807) is 0 Å². The molecule has 3 aliphatic rings. The Morgan fingerprint density at radius 3 is 2.60 bits per heavy atom. The van der Waals surface area contributed by atoms with Crippen LogP contribution in [0.1, 0.15) is 51.0 Å². The van der Waals surface area contributed by atoms with Crippen LogP contribution in [0, 0.1) is 17.5 Å². The van der Waals surface area contributed by atoms with E-state index < -0.39 is 60.4 Å². The minimum absolute atomic E-state index is 0.00597. The fourth-order valence-corrected chi connectivity index (χ4v) is 5.75. The second-order valence-corrected chi connectivity index (χ2v) is 10.5. The molecule has 2 fully saturated rings. The van der Waals surface area contributed by atoms with Crippen molar-refractivity contribution in [2.75, 3.05) is 20.3 Å². The zero-order valence-electron chi connectivity index (χ0n) is 21.9. The number of aliphatic hydroxyl groups is 2. The first kappa shape index (κ1) is 28.5. The Hall–Kier alpha value is -3.07. The van der Waals surface area contributed by atoms with Gasteiger partial charge >= 0.3 is 0 Å². The number of oxime groups is 1. The molecule has 1 saturated carbocycles. The van der Waals surface area contributed by atoms with E-state index in [9.17, 15) is 28.2 Å². The molecule has 1 aliphatic carbocycles. The number of carbonyl (C=O) groups is 1. The van der Waals surface area contributed by atoms with Crippen LogP contribution in [-0.2, 0) is 19.1 Å². The lowest BCUT2D eigenvalue weighted by Gasteiger charge is -2.44. The first-order valence-corrected chi connectivity index (χ1v) is 13.3. The lowest BCUT2D eigenvalue weighted by Crippen LogP contribution is -2.57. The Labute approximate surface area is 228 Å². The summed E-state index contributed by atoms with van der Waals surface area (Å²) in [5.41, 5.74) is 0.337. The van der Waals surface area contributed by atoms with Gasteiger partial charge in [0.25, 0.3) is 0 Å². The minimum Gasteiger partial charge on any atom is -0.394 e. The summed E-state index contributed by atoms with van der Waals surface area (Å²) in [5.74, 6) is -4.81. The summed E-state index contributed by atoms with van der Waals surface area (Å²) in [6.07, 6.45) is 3.07. The highest BCUT2D eigenvalue weighted by Crippen LogP contribution is 2.41. The van der Waals surface area contributed by atoms with Crippen molar-refractivity contribution in [3.8, 4) is 11.3 Å². The van der Waals surface area contributed by atoms with Crippen LogP contribution >= 0.6 is 0 Å². The summed E-state index contributed by atoms with van der Waals surface area (Å²) < 4.78 is 54.5. The molecular weight excluding hydrogens is 535 g/mol. The topological polar surface area (TPSA) is 140 Å². The maximum absolute atomic E-state index is 13.9. The van der Waals surface area contributed by atoms with Crippen molar-refractivity contribution in [1.82, 2.24) is 20.3 Å². The number of rotatable bonds is 8. The van der Waals surface area contributed by atoms with Gasteiger partial charge in [-0.2, -0.15) is 0 Å². The van der Waals surface area contributed by atoms with Crippen LogP contribution in [0.25, 0.3) is 11.3 Å². The van der Waals surface area contributed by atoms with Gasteiger partial charge in [-0.1, -0.05) is 16.8 Å². The van der Waals surface area contributed by atoms with Gasteiger partial charge in [0.15, 0.2) is 17.5 Å². The number of carbonyl (C=O) groups excluding carboxylic acids is 1. The van der Waals surface area contributed by atoms with Crippen LogP contribution in [-0.4, -0.2) is 87.1 Å². The standard InChI is InChI=1S/C26H32F3N5O6/c1-30-21(36)13-38-25-19(9-15-10-26(40-32-15)5-3-2-4-6-26)39-20(12-35)24(37)23(25)34-11-18(31-33-34)14-7-16(27)22(29)17(28)8-14/h7-8,11,19-20,23-25,35,37H,2-6,9-10,12-13H2,1H3,(H,30,36)/t19-,20-,23+,24+,25+/m1/s1. The average molecular weight is 568 g/mol. The summed E-state index contributed by atoms with van der Waals surface area (Å²) in [7, 11) is 1.45. The van der Waals surface area contributed by atoms with Crippen LogP contribution in [0.3, 0.4) is 0 Å². The molecule has 3 heterocycles. The number of benzene rings is 1.